The van der Waals surface area contributed by atoms with Crippen LogP contribution in [0.3, 0.4) is 0 Å². The minimum atomic E-state index is 0.0868. The van der Waals surface area contributed by atoms with E-state index in [1.165, 1.54) is 0 Å². The van der Waals surface area contributed by atoms with E-state index < -0.39 is 0 Å². The Hall–Kier alpha value is -2.29. The van der Waals surface area contributed by atoms with E-state index in [9.17, 15) is 4.79 Å². The molecule has 0 heterocycles. The van der Waals surface area contributed by atoms with Gasteiger partial charge in [-0.2, -0.15) is 0 Å². The first kappa shape index (κ1) is 17.1. The fourth-order valence-electron chi connectivity index (χ4n) is 2.66. The van der Waals surface area contributed by atoms with Crippen LogP contribution < -0.4 is 4.90 Å². The first-order valence-electron chi connectivity index (χ1n) is 8.41. The summed E-state index contributed by atoms with van der Waals surface area (Å²) < 4.78 is 0. The molecule has 0 saturated heterocycles. The fourth-order valence-corrected chi connectivity index (χ4v) is 2.66. The third kappa shape index (κ3) is 4.85. The second-order valence-corrected chi connectivity index (χ2v) is 5.68. The molecule has 122 valence electrons. The Kier molecular flexibility index (Phi) is 6.67. The molecular weight excluding hydrogens is 284 g/mol. The Bertz CT molecular complexity index is 577. The molecule has 0 fully saturated rings. The molecule has 23 heavy (non-hydrogen) atoms. The number of hydrogen-bond acceptors (Lipinski definition) is 1. The predicted octanol–water partition coefficient (Wildman–Crippen LogP) is 4.94. The van der Waals surface area contributed by atoms with E-state index in [0.717, 1.165) is 37.2 Å². The minimum Gasteiger partial charge on any atom is -0.324 e. The van der Waals surface area contributed by atoms with Crippen LogP contribution in [0.15, 0.2) is 60.7 Å². The maximum atomic E-state index is 13.1. The van der Waals surface area contributed by atoms with Crippen molar-refractivity contribution in [3.05, 3.63) is 66.2 Å². The van der Waals surface area contributed by atoms with E-state index in [1.54, 1.807) is 0 Å². The molecule has 2 aromatic carbocycles. The molecular formula is C20H26N2O. The maximum Gasteiger partial charge on any atom is 0.324 e. The first-order valence-corrected chi connectivity index (χ1v) is 8.41. The van der Waals surface area contributed by atoms with Crippen molar-refractivity contribution in [3.63, 3.8) is 0 Å². The van der Waals surface area contributed by atoms with Crippen molar-refractivity contribution in [2.45, 2.75) is 33.2 Å². The van der Waals surface area contributed by atoms with Crippen molar-refractivity contribution >= 4 is 11.7 Å². The molecule has 0 bridgehead atoms. The second kappa shape index (κ2) is 8.99. The van der Waals surface area contributed by atoms with Gasteiger partial charge in [0.15, 0.2) is 0 Å². The zero-order valence-corrected chi connectivity index (χ0v) is 14.1. The summed E-state index contributed by atoms with van der Waals surface area (Å²) in [5.41, 5.74) is 2.08. The molecule has 0 aliphatic carbocycles. The lowest BCUT2D eigenvalue weighted by Gasteiger charge is -2.30. The molecule has 2 aromatic rings. The Labute approximate surface area is 139 Å². The topological polar surface area (TPSA) is 23.6 Å². The summed E-state index contributed by atoms with van der Waals surface area (Å²) in [5.74, 6) is 0. The highest BCUT2D eigenvalue weighted by molar-refractivity contribution is 5.91. The van der Waals surface area contributed by atoms with Gasteiger partial charge in [-0.05, 0) is 30.5 Å². The van der Waals surface area contributed by atoms with Crippen molar-refractivity contribution in [1.29, 1.82) is 0 Å². The van der Waals surface area contributed by atoms with Gasteiger partial charge in [0, 0.05) is 18.8 Å². The van der Waals surface area contributed by atoms with Crippen molar-refractivity contribution in [2.75, 3.05) is 18.0 Å². The van der Waals surface area contributed by atoms with E-state index in [2.05, 4.69) is 26.0 Å². The Morgan fingerprint density at radius 3 is 1.87 bits per heavy atom. The number of rotatable bonds is 7. The summed E-state index contributed by atoms with van der Waals surface area (Å²) >= 11 is 0. The quantitative estimate of drug-likeness (QED) is 0.711. The van der Waals surface area contributed by atoms with E-state index >= 15 is 0 Å². The number of para-hydroxylation sites is 1. The largest absolute Gasteiger partial charge is 0.324 e. The van der Waals surface area contributed by atoms with Crippen LogP contribution in [0.4, 0.5) is 10.5 Å². The molecule has 0 aromatic heterocycles. The van der Waals surface area contributed by atoms with Crippen LogP contribution in [-0.4, -0.2) is 24.0 Å². The van der Waals surface area contributed by atoms with Gasteiger partial charge in [0.2, 0.25) is 0 Å². The zero-order chi connectivity index (χ0) is 16.5. The molecule has 3 nitrogen and oxygen atoms in total. The monoisotopic (exact) mass is 310 g/mol. The summed E-state index contributed by atoms with van der Waals surface area (Å²) in [6, 6.07) is 20.2. The SMILES string of the molecule is CCCN(CCC)C(=O)N(Cc1ccccc1)c1ccccc1. The molecule has 0 saturated carbocycles. The summed E-state index contributed by atoms with van der Waals surface area (Å²) in [6.45, 7) is 6.41. The van der Waals surface area contributed by atoms with Crippen LogP contribution in [0.5, 0.6) is 0 Å². The van der Waals surface area contributed by atoms with Crippen molar-refractivity contribution in [3.8, 4) is 0 Å². The predicted molar refractivity (Wildman–Crippen MR) is 96.6 cm³/mol. The van der Waals surface area contributed by atoms with E-state index in [0.29, 0.717) is 6.54 Å². The molecule has 0 spiro atoms. The van der Waals surface area contributed by atoms with E-state index in [4.69, 9.17) is 0 Å². The highest BCUT2D eigenvalue weighted by Gasteiger charge is 2.21. The number of nitrogens with zero attached hydrogens (tertiary/aromatic N) is 2. The molecule has 0 aliphatic rings. The molecule has 0 atom stereocenters. The molecule has 0 radical (unpaired) electrons. The van der Waals surface area contributed by atoms with Crippen LogP contribution in [0.2, 0.25) is 0 Å². The summed E-state index contributed by atoms with van der Waals surface area (Å²) in [5, 5.41) is 0. The highest BCUT2D eigenvalue weighted by atomic mass is 16.2. The number of urea groups is 1. The van der Waals surface area contributed by atoms with Crippen molar-refractivity contribution < 1.29 is 4.79 Å². The van der Waals surface area contributed by atoms with Crippen molar-refractivity contribution in [1.82, 2.24) is 4.90 Å². The van der Waals surface area contributed by atoms with Gasteiger partial charge in [0.05, 0.1) is 6.54 Å². The lowest BCUT2D eigenvalue weighted by molar-refractivity contribution is 0.204. The normalized spacial score (nSPS) is 10.3. The van der Waals surface area contributed by atoms with Gasteiger partial charge in [-0.15, -0.1) is 0 Å². The molecule has 3 heteroatoms. The van der Waals surface area contributed by atoms with Gasteiger partial charge in [0.1, 0.15) is 0 Å². The molecule has 0 unspecified atom stereocenters. The number of hydrogen-bond donors (Lipinski definition) is 0. The van der Waals surface area contributed by atoms with Crippen LogP contribution in [-0.2, 0) is 6.54 Å². The lowest BCUT2D eigenvalue weighted by atomic mass is 10.2. The number of amides is 2. The van der Waals surface area contributed by atoms with Crippen LogP contribution >= 0.6 is 0 Å². The number of benzene rings is 2. The molecule has 2 rings (SSSR count). The van der Waals surface area contributed by atoms with Crippen molar-refractivity contribution in [2.24, 2.45) is 0 Å². The smallest absolute Gasteiger partial charge is 0.324 e. The average molecular weight is 310 g/mol. The standard InChI is InChI=1S/C20H26N2O/c1-3-15-21(16-4-2)20(23)22(19-13-9-6-10-14-19)17-18-11-7-5-8-12-18/h5-14H,3-4,15-17H2,1-2H3. The van der Waals surface area contributed by atoms with Crippen LogP contribution in [0.1, 0.15) is 32.3 Å². The average Bonchev–Trinajstić information content (AvgIpc) is 2.60. The number of carbonyl (C=O) groups is 1. The minimum absolute atomic E-state index is 0.0868. The maximum absolute atomic E-state index is 13.1. The second-order valence-electron chi connectivity index (χ2n) is 5.68. The summed E-state index contributed by atoms with van der Waals surface area (Å²) in [4.78, 5) is 16.9. The first-order chi connectivity index (χ1) is 11.3. The van der Waals surface area contributed by atoms with Gasteiger partial charge in [0.25, 0.3) is 0 Å². The van der Waals surface area contributed by atoms with Gasteiger partial charge in [-0.1, -0.05) is 62.4 Å². The summed E-state index contributed by atoms with van der Waals surface area (Å²) in [6.07, 6.45) is 1.94. The Morgan fingerprint density at radius 1 is 0.826 bits per heavy atom. The number of carbonyl (C=O) groups excluding carboxylic acids is 1. The van der Waals surface area contributed by atoms with Crippen LogP contribution in [0.25, 0.3) is 0 Å². The summed E-state index contributed by atoms with van der Waals surface area (Å²) in [7, 11) is 0. The molecule has 0 N–H and O–H groups in total. The van der Waals surface area contributed by atoms with Gasteiger partial charge < -0.3 is 4.90 Å². The van der Waals surface area contributed by atoms with Gasteiger partial charge in [-0.3, -0.25) is 4.90 Å². The lowest BCUT2D eigenvalue weighted by Crippen LogP contribution is -2.43. The van der Waals surface area contributed by atoms with Crippen LogP contribution in [0, 0.1) is 0 Å². The van der Waals surface area contributed by atoms with E-state index in [-0.39, 0.29) is 6.03 Å². The van der Waals surface area contributed by atoms with Gasteiger partial charge >= 0.3 is 6.03 Å². The molecule has 2 amide bonds. The van der Waals surface area contributed by atoms with Gasteiger partial charge in [-0.25, -0.2) is 4.79 Å². The number of anilines is 1. The Morgan fingerprint density at radius 2 is 1.35 bits per heavy atom. The highest BCUT2D eigenvalue weighted by Crippen LogP contribution is 2.19. The molecule has 0 aliphatic heterocycles. The zero-order valence-electron chi connectivity index (χ0n) is 14.1. The van der Waals surface area contributed by atoms with E-state index in [1.807, 2.05) is 58.3 Å². The third-order valence-electron chi connectivity index (χ3n) is 3.74. The fraction of sp³-hybridized carbons (Fsp3) is 0.350. The Balaban J connectivity index is 2.27. The third-order valence-corrected chi connectivity index (χ3v) is 3.74.